The molecule has 1 aromatic heterocycles. The summed E-state index contributed by atoms with van der Waals surface area (Å²) in [4.78, 5) is 17.6. The number of aromatic nitrogens is 1. The van der Waals surface area contributed by atoms with Crippen LogP contribution in [-0.2, 0) is 6.54 Å². The number of nitrogens with zero attached hydrogens (tertiary/aromatic N) is 2. The molecule has 0 unspecified atom stereocenters. The van der Waals surface area contributed by atoms with Crippen LogP contribution in [0.25, 0.3) is 0 Å². The van der Waals surface area contributed by atoms with Crippen molar-refractivity contribution in [2.24, 2.45) is 0 Å². The molecular weight excluding hydrogens is 238 g/mol. The van der Waals surface area contributed by atoms with Crippen LogP contribution in [0.5, 0.6) is 0 Å². The van der Waals surface area contributed by atoms with Crippen molar-refractivity contribution in [1.82, 2.24) is 9.88 Å². The van der Waals surface area contributed by atoms with E-state index in [1.807, 2.05) is 36.4 Å². The zero-order chi connectivity index (χ0) is 13.7. The number of amides is 1. The molecule has 0 atom stereocenters. The van der Waals surface area contributed by atoms with Crippen LogP contribution in [0.3, 0.4) is 0 Å². The topological polar surface area (TPSA) is 45.2 Å². The van der Waals surface area contributed by atoms with Crippen molar-refractivity contribution in [3.05, 3.63) is 59.9 Å². The van der Waals surface area contributed by atoms with Crippen molar-refractivity contribution in [3.8, 4) is 0 Å². The van der Waals surface area contributed by atoms with E-state index >= 15 is 0 Å². The Kier molecular flexibility index (Phi) is 4.13. The first-order chi connectivity index (χ1) is 9.18. The first-order valence-electron chi connectivity index (χ1n) is 6.12. The molecule has 0 radical (unpaired) electrons. The van der Waals surface area contributed by atoms with Crippen LogP contribution >= 0.6 is 0 Å². The number of anilines is 1. The molecule has 98 valence electrons. The van der Waals surface area contributed by atoms with E-state index in [4.69, 9.17) is 0 Å². The Morgan fingerprint density at radius 1 is 1.16 bits per heavy atom. The fourth-order valence-electron chi connectivity index (χ4n) is 1.76. The number of rotatable bonds is 4. The average molecular weight is 255 g/mol. The smallest absolute Gasteiger partial charge is 0.255 e. The van der Waals surface area contributed by atoms with Crippen LogP contribution in [0, 0.1) is 0 Å². The molecular formula is C15H17N3O. The minimum Gasteiger partial charge on any atom is -0.380 e. The van der Waals surface area contributed by atoms with E-state index in [0.29, 0.717) is 12.1 Å². The molecule has 2 rings (SSSR count). The Morgan fingerprint density at radius 3 is 2.53 bits per heavy atom. The molecule has 4 heteroatoms. The number of benzene rings is 1. The Balaban J connectivity index is 2.14. The van der Waals surface area contributed by atoms with Crippen molar-refractivity contribution >= 4 is 11.6 Å². The highest BCUT2D eigenvalue weighted by atomic mass is 16.2. The Labute approximate surface area is 113 Å². The molecule has 1 aromatic carbocycles. The number of carbonyl (C=O) groups excluding carboxylic acids is 1. The summed E-state index contributed by atoms with van der Waals surface area (Å²) in [6.07, 6.45) is 3.52. The largest absolute Gasteiger partial charge is 0.380 e. The molecule has 0 aliphatic heterocycles. The standard InChI is InChI=1S/C15H17N3O/c1-18(2)15(19)13-5-3-4-6-14(13)17-11-12-7-9-16-10-8-12/h3-10,17H,11H2,1-2H3. The van der Waals surface area contributed by atoms with Crippen molar-refractivity contribution < 1.29 is 4.79 Å². The molecule has 4 nitrogen and oxygen atoms in total. The third-order valence-corrected chi connectivity index (χ3v) is 2.80. The predicted octanol–water partition coefficient (Wildman–Crippen LogP) is 2.40. The Bertz CT molecular complexity index is 552. The lowest BCUT2D eigenvalue weighted by molar-refractivity contribution is 0.0828. The third-order valence-electron chi connectivity index (χ3n) is 2.80. The summed E-state index contributed by atoms with van der Waals surface area (Å²) in [7, 11) is 3.50. The van der Waals surface area contributed by atoms with Gasteiger partial charge in [0.05, 0.1) is 5.56 Å². The molecule has 1 heterocycles. The fourth-order valence-corrected chi connectivity index (χ4v) is 1.76. The van der Waals surface area contributed by atoms with Gasteiger partial charge in [-0.25, -0.2) is 0 Å². The van der Waals surface area contributed by atoms with Crippen molar-refractivity contribution in [3.63, 3.8) is 0 Å². The molecule has 19 heavy (non-hydrogen) atoms. The van der Waals surface area contributed by atoms with Crippen molar-refractivity contribution in [1.29, 1.82) is 0 Å². The minimum absolute atomic E-state index is 0.00201. The molecule has 0 bridgehead atoms. The van der Waals surface area contributed by atoms with E-state index in [1.165, 1.54) is 0 Å². The van der Waals surface area contributed by atoms with Gasteiger partial charge in [-0.2, -0.15) is 0 Å². The van der Waals surface area contributed by atoms with Gasteiger partial charge in [0.1, 0.15) is 0 Å². The average Bonchev–Trinajstić information content (AvgIpc) is 2.45. The van der Waals surface area contributed by atoms with Crippen LogP contribution in [0.4, 0.5) is 5.69 Å². The number of para-hydroxylation sites is 1. The second-order valence-corrected chi connectivity index (χ2v) is 4.45. The monoisotopic (exact) mass is 255 g/mol. The van der Waals surface area contributed by atoms with Crippen LogP contribution in [0.1, 0.15) is 15.9 Å². The molecule has 1 amide bonds. The maximum Gasteiger partial charge on any atom is 0.255 e. The first-order valence-corrected chi connectivity index (χ1v) is 6.12. The zero-order valence-electron chi connectivity index (χ0n) is 11.1. The van der Waals surface area contributed by atoms with Gasteiger partial charge in [0.2, 0.25) is 0 Å². The third kappa shape index (κ3) is 3.31. The number of hydrogen-bond acceptors (Lipinski definition) is 3. The molecule has 0 spiro atoms. The lowest BCUT2D eigenvalue weighted by Gasteiger charge is -2.15. The van der Waals surface area contributed by atoms with Crippen molar-refractivity contribution in [2.75, 3.05) is 19.4 Å². The summed E-state index contributed by atoms with van der Waals surface area (Å²) in [5.41, 5.74) is 2.65. The summed E-state index contributed by atoms with van der Waals surface area (Å²) in [5, 5.41) is 3.29. The molecule has 2 aromatic rings. The Hall–Kier alpha value is -2.36. The van der Waals surface area contributed by atoms with E-state index in [2.05, 4.69) is 10.3 Å². The number of nitrogens with one attached hydrogen (secondary N) is 1. The second-order valence-electron chi connectivity index (χ2n) is 4.45. The SMILES string of the molecule is CN(C)C(=O)c1ccccc1NCc1ccncc1. The summed E-state index contributed by atoms with van der Waals surface area (Å²) in [6.45, 7) is 0.667. The maximum absolute atomic E-state index is 12.1. The molecule has 0 saturated heterocycles. The number of carbonyl (C=O) groups is 1. The van der Waals surface area contributed by atoms with E-state index in [9.17, 15) is 4.79 Å². The summed E-state index contributed by atoms with van der Waals surface area (Å²) in [6, 6.07) is 11.4. The van der Waals surface area contributed by atoms with Crippen LogP contribution in [-0.4, -0.2) is 29.9 Å². The van der Waals surface area contributed by atoms with Gasteiger partial charge in [0, 0.05) is 38.7 Å². The predicted molar refractivity (Wildman–Crippen MR) is 76.0 cm³/mol. The van der Waals surface area contributed by atoms with Crippen LogP contribution in [0.2, 0.25) is 0 Å². The first kappa shape index (κ1) is 13.1. The minimum atomic E-state index is -0.00201. The van der Waals surface area contributed by atoms with Gasteiger partial charge >= 0.3 is 0 Å². The van der Waals surface area contributed by atoms with Crippen molar-refractivity contribution in [2.45, 2.75) is 6.54 Å². The highest BCUT2D eigenvalue weighted by molar-refractivity contribution is 5.99. The van der Waals surface area contributed by atoms with Gasteiger partial charge in [-0.05, 0) is 29.8 Å². The summed E-state index contributed by atoms with van der Waals surface area (Å²) in [5.74, 6) is -0.00201. The fraction of sp³-hybridized carbons (Fsp3) is 0.200. The zero-order valence-corrected chi connectivity index (χ0v) is 11.1. The van der Waals surface area contributed by atoms with Gasteiger partial charge in [-0.1, -0.05) is 12.1 Å². The van der Waals surface area contributed by atoms with Crippen LogP contribution < -0.4 is 5.32 Å². The van der Waals surface area contributed by atoms with E-state index in [1.54, 1.807) is 31.4 Å². The molecule has 0 fully saturated rings. The lowest BCUT2D eigenvalue weighted by atomic mass is 10.1. The summed E-state index contributed by atoms with van der Waals surface area (Å²) >= 11 is 0. The Morgan fingerprint density at radius 2 is 1.84 bits per heavy atom. The van der Waals surface area contributed by atoms with Gasteiger partial charge in [0.25, 0.3) is 5.91 Å². The van der Waals surface area contributed by atoms with E-state index in [-0.39, 0.29) is 5.91 Å². The highest BCUT2D eigenvalue weighted by Crippen LogP contribution is 2.17. The molecule has 1 N–H and O–H groups in total. The van der Waals surface area contributed by atoms with Crippen LogP contribution in [0.15, 0.2) is 48.8 Å². The quantitative estimate of drug-likeness (QED) is 0.912. The molecule has 0 aliphatic rings. The summed E-state index contributed by atoms with van der Waals surface area (Å²) < 4.78 is 0. The molecule has 0 aliphatic carbocycles. The van der Waals surface area contributed by atoms with E-state index in [0.717, 1.165) is 11.3 Å². The number of hydrogen-bond donors (Lipinski definition) is 1. The maximum atomic E-state index is 12.1. The van der Waals surface area contributed by atoms with Gasteiger partial charge in [-0.3, -0.25) is 9.78 Å². The van der Waals surface area contributed by atoms with Gasteiger partial charge in [0.15, 0.2) is 0 Å². The van der Waals surface area contributed by atoms with Gasteiger partial charge in [-0.15, -0.1) is 0 Å². The second kappa shape index (κ2) is 6.00. The highest BCUT2D eigenvalue weighted by Gasteiger charge is 2.12. The number of pyridine rings is 1. The molecule has 0 saturated carbocycles. The normalized spacial score (nSPS) is 10.0. The van der Waals surface area contributed by atoms with Gasteiger partial charge < -0.3 is 10.2 Å². The lowest BCUT2D eigenvalue weighted by Crippen LogP contribution is -2.22. The van der Waals surface area contributed by atoms with E-state index < -0.39 is 0 Å².